The number of ether oxygens (including phenoxy) is 1. The highest BCUT2D eigenvalue weighted by molar-refractivity contribution is 7.90. The molecule has 218 valence electrons. The number of hydrogen-bond donors (Lipinski definition) is 2. The van der Waals surface area contributed by atoms with Gasteiger partial charge in [-0.15, -0.1) is 0 Å². The second-order valence-electron chi connectivity index (χ2n) is 12.1. The minimum Gasteiger partial charge on any atom is -0.487 e. The molecule has 5 rings (SSSR count). The first-order valence-corrected chi connectivity index (χ1v) is 16.5. The number of hydrogen-bond acceptors (Lipinski definition) is 6. The summed E-state index contributed by atoms with van der Waals surface area (Å²) in [5.74, 6) is 0.537. The van der Waals surface area contributed by atoms with Crippen molar-refractivity contribution in [1.29, 1.82) is 0 Å². The number of rotatable bonds is 0. The first-order valence-electron chi connectivity index (χ1n) is 14.6. The Morgan fingerprint density at radius 1 is 1.05 bits per heavy atom. The van der Waals surface area contributed by atoms with Gasteiger partial charge in [-0.3, -0.25) is 4.79 Å². The van der Waals surface area contributed by atoms with Gasteiger partial charge in [0.15, 0.2) is 0 Å². The van der Waals surface area contributed by atoms with E-state index in [0.29, 0.717) is 42.6 Å². The summed E-state index contributed by atoms with van der Waals surface area (Å²) in [5, 5.41) is 11.5. The number of carbonyl (C=O) groups excluding carboxylic acids is 1. The monoisotopic (exact) mass is 588 g/mol. The molecule has 40 heavy (non-hydrogen) atoms. The molecule has 2 bridgehead atoms. The van der Waals surface area contributed by atoms with Crippen LogP contribution in [0.2, 0.25) is 5.02 Å². The number of aryl methyl sites for hydroxylation is 1. The fourth-order valence-electron chi connectivity index (χ4n) is 6.51. The highest BCUT2D eigenvalue weighted by Gasteiger charge is 2.44. The summed E-state index contributed by atoms with van der Waals surface area (Å²) in [6, 6.07) is 11.1. The van der Waals surface area contributed by atoms with Gasteiger partial charge in [-0.1, -0.05) is 30.5 Å². The summed E-state index contributed by atoms with van der Waals surface area (Å²) in [6.07, 6.45) is 7.33. The molecule has 2 heterocycles. The molecule has 1 fully saturated rings. The summed E-state index contributed by atoms with van der Waals surface area (Å²) in [4.78, 5) is 15.5. The van der Waals surface area contributed by atoms with E-state index >= 15 is 0 Å². The number of halogens is 1. The number of anilines is 1. The van der Waals surface area contributed by atoms with Gasteiger partial charge in [-0.05, 0) is 112 Å². The van der Waals surface area contributed by atoms with E-state index in [0.717, 1.165) is 62.9 Å². The van der Waals surface area contributed by atoms with Crippen molar-refractivity contribution in [3.63, 3.8) is 0 Å². The molecule has 1 saturated carbocycles. The van der Waals surface area contributed by atoms with Crippen LogP contribution in [-0.2, 0) is 23.1 Å². The van der Waals surface area contributed by atoms with E-state index in [9.17, 15) is 18.3 Å². The SMILES string of the molecule is C[C@@H]1CCCC[C@](C)(O)[C@@H]2CC[C@H]2CN2CCCCc3cc(Cl)ccc3COc3ccc(cc32)C(=O)NS1(=O)=O. The van der Waals surface area contributed by atoms with Gasteiger partial charge in [0, 0.05) is 23.7 Å². The van der Waals surface area contributed by atoms with Crippen LogP contribution in [0.25, 0.3) is 0 Å². The van der Waals surface area contributed by atoms with Crippen molar-refractivity contribution in [3.8, 4) is 5.75 Å². The number of amides is 1. The molecule has 1 aliphatic carbocycles. The molecule has 0 saturated heterocycles. The highest BCUT2D eigenvalue weighted by Crippen LogP contribution is 2.45. The number of benzene rings is 2. The normalized spacial score (nSPS) is 29.4. The Hall–Kier alpha value is -2.29. The van der Waals surface area contributed by atoms with Crippen molar-refractivity contribution in [1.82, 2.24) is 4.72 Å². The molecule has 2 aromatic rings. The molecule has 2 aromatic carbocycles. The fraction of sp³-hybridized carbons (Fsp3) is 0.581. The largest absolute Gasteiger partial charge is 0.487 e. The molecule has 0 aromatic heterocycles. The van der Waals surface area contributed by atoms with Crippen molar-refractivity contribution in [3.05, 3.63) is 58.1 Å². The van der Waals surface area contributed by atoms with Crippen LogP contribution in [0.5, 0.6) is 5.75 Å². The number of carbonyl (C=O) groups is 1. The molecule has 2 N–H and O–H groups in total. The zero-order valence-electron chi connectivity index (χ0n) is 23.5. The van der Waals surface area contributed by atoms with Crippen LogP contribution in [0.4, 0.5) is 5.69 Å². The fourth-order valence-corrected chi connectivity index (χ4v) is 7.76. The topological polar surface area (TPSA) is 95.9 Å². The van der Waals surface area contributed by atoms with E-state index in [2.05, 4.69) is 9.62 Å². The summed E-state index contributed by atoms with van der Waals surface area (Å²) in [6.45, 7) is 5.45. The van der Waals surface area contributed by atoms with Gasteiger partial charge >= 0.3 is 0 Å². The maximum Gasteiger partial charge on any atom is 0.264 e. The smallest absolute Gasteiger partial charge is 0.264 e. The molecule has 2 aliphatic heterocycles. The molecular weight excluding hydrogens is 548 g/mol. The maximum absolute atomic E-state index is 13.2. The van der Waals surface area contributed by atoms with Crippen LogP contribution < -0.4 is 14.4 Å². The predicted octanol–water partition coefficient (Wildman–Crippen LogP) is 5.86. The lowest BCUT2D eigenvalue weighted by atomic mass is 9.64. The van der Waals surface area contributed by atoms with Gasteiger partial charge in [0.2, 0.25) is 10.0 Å². The van der Waals surface area contributed by atoms with Gasteiger partial charge < -0.3 is 14.7 Å². The number of fused-ring (bicyclic) bond motifs is 3. The minimum absolute atomic E-state index is 0.182. The molecule has 0 radical (unpaired) electrons. The number of aliphatic hydroxyl groups is 1. The minimum atomic E-state index is -3.84. The van der Waals surface area contributed by atoms with Crippen LogP contribution in [0, 0.1) is 11.8 Å². The molecule has 0 unspecified atom stereocenters. The van der Waals surface area contributed by atoms with Gasteiger partial charge in [0.1, 0.15) is 12.4 Å². The third kappa shape index (κ3) is 6.44. The van der Waals surface area contributed by atoms with Crippen molar-refractivity contribution < 1.29 is 23.1 Å². The Morgan fingerprint density at radius 3 is 2.65 bits per heavy atom. The van der Waals surface area contributed by atoms with Gasteiger partial charge in [0.05, 0.1) is 16.5 Å². The van der Waals surface area contributed by atoms with E-state index in [-0.39, 0.29) is 11.5 Å². The Morgan fingerprint density at radius 2 is 1.88 bits per heavy atom. The molecule has 0 spiro atoms. The van der Waals surface area contributed by atoms with Crippen molar-refractivity contribution in [2.45, 2.75) is 89.1 Å². The summed E-state index contributed by atoms with van der Waals surface area (Å²) >= 11 is 6.30. The molecule has 9 heteroatoms. The third-order valence-electron chi connectivity index (χ3n) is 9.22. The van der Waals surface area contributed by atoms with Gasteiger partial charge in [-0.2, -0.15) is 0 Å². The number of nitrogens with zero attached hydrogens (tertiary/aromatic N) is 1. The van der Waals surface area contributed by atoms with E-state index < -0.39 is 26.8 Å². The van der Waals surface area contributed by atoms with E-state index in [4.69, 9.17) is 16.3 Å². The van der Waals surface area contributed by atoms with Crippen molar-refractivity contribution >= 4 is 33.2 Å². The van der Waals surface area contributed by atoms with Gasteiger partial charge in [0.25, 0.3) is 5.91 Å². The quantitative estimate of drug-likeness (QED) is 0.400. The van der Waals surface area contributed by atoms with E-state index in [1.807, 2.05) is 25.1 Å². The lowest BCUT2D eigenvalue weighted by Crippen LogP contribution is -2.49. The Bertz CT molecular complexity index is 1350. The molecule has 1 amide bonds. The standard InChI is InChI=1S/C31H41ClN2O5S/c1-21-7-3-5-15-31(2,36)27-13-10-24(27)19-34-16-6-4-8-22-17-26(32)12-9-25(22)20-39-29-14-11-23(18-28(29)34)30(35)33-40(21,37)38/h9,11-12,14,17-18,21,24,27,36H,3-8,10,13,15-16,19-20H2,1-2H3,(H,33,35)/t21-,24+,27-,31+/m1/s1. The van der Waals surface area contributed by atoms with Crippen LogP contribution >= 0.6 is 11.6 Å². The zero-order valence-corrected chi connectivity index (χ0v) is 25.1. The van der Waals surface area contributed by atoms with E-state index in [1.54, 1.807) is 25.1 Å². The van der Waals surface area contributed by atoms with Crippen LogP contribution in [-0.4, -0.2) is 43.4 Å². The number of sulfonamides is 1. The first-order chi connectivity index (χ1) is 19.0. The van der Waals surface area contributed by atoms with Crippen LogP contribution in [0.1, 0.15) is 86.7 Å². The highest BCUT2D eigenvalue weighted by atomic mass is 35.5. The zero-order chi connectivity index (χ0) is 28.5. The van der Waals surface area contributed by atoms with E-state index in [1.165, 1.54) is 5.56 Å². The van der Waals surface area contributed by atoms with Gasteiger partial charge in [-0.25, -0.2) is 13.1 Å². The van der Waals surface area contributed by atoms with Crippen molar-refractivity contribution in [2.24, 2.45) is 11.8 Å². The first kappa shape index (κ1) is 29.2. The Labute approximate surface area is 243 Å². The Kier molecular flexibility index (Phi) is 8.69. The average Bonchev–Trinajstić information content (AvgIpc) is 2.91. The molecular formula is C31H41ClN2O5S. The van der Waals surface area contributed by atoms with Crippen LogP contribution in [0.15, 0.2) is 36.4 Å². The number of nitrogens with one attached hydrogen (secondary N) is 1. The average molecular weight is 589 g/mol. The molecule has 3 aliphatic rings. The third-order valence-corrected chi connectivity index (χ3v) is 11.2. The predicted molar refractivity (Wildman–Crippen MR) is 159 cm³/mol. The Balaban J connectivity index is 1.53. The second kappa shape index (κ2) is 11.9. The second-order valence-corrected chi connectivity index (χ2v) is 14.7. The molecule has 7 nitrogen and oxygen atoms in total. The lowest BCUT2D eigenvalue weighted by Gasteiger charge is -2.48. The summed E-state index contributed by atoms with van der Waals surface area (Å²) < 4.78 is 34.6. The van der Waals surface area contributed by atoms with Crippen molar-refractivity contribution in [2.75, 3.05) is 18.0 Å². The summed E-state index contributed by atoms with van der Waals surface area (Å²) in [7, 11) is -3.84. The summed E-state index contributed by atoms with van der Waals surface area (Å²) in [5.41, 5.74) is 2.53. The lowest BCUT2D eigenvalue weighted by molar-refractivity contribution is -0.0741. The molecule has 4 atom stereocenters. The van der Waals surface area contributed by atoms with Crippen LogP contribution in [0.3, 0.4) is 0 Å². The maximum atomic E-state index is 13.2.